The topological polar surface area (TPSA) is 17.1 Å². The highest BCUT2D eigenvalue weighted by molar-refractivity contribution is 5.85. The molecule has 0 N–H and O–H groups in total. The Balaban J connectivity index is 1.92. The number of ketones is 1. The largest absolute Gasteiger partial charge is 0.299 e. The molecule has 1 saturated carbocycles. The number of carbonyl (C=O) groups is 1. The van der Waals surface area contributed by atoms with Crippen LogP contribution in [-0.4, -0.2) is 5.78 Å². The average molecular weight is 202 g/mol. The van der Waals surface area contributed by atoms with Gasteiger partial charge in [-0.25, -0.2) is 0 Å². The number of hydrogen-bond donors (Lipinski definition) is 0. The van der Waals surface area contributed by atoms with E-state index < -0.39 is 0 Å². The predicted molar refractivity (Wildman–Crippen MR) is 61.8 cm³/mol. The third-order valence-corrected chi connectivity index (χ3v) is 3.36. The summed E-state index contributed by atoms with van der Waals surface area (Å²) in [5.41, 5.74) is 2.41. The van der Waals surface area contributed by atoms with Crippen molar-refractivity contribution in [3.05, 3.63) is 35.4 Å². The molecule has 2 atom stereocenters. The van der Waals surface area contributed by atoms with Gasteiger partial charge in [-0.1, -0.05) is 43.2 Å². The van der Waals surface area contributed by atoms with E-state index in [0.717, 1.165) is 18.4 Å². The van der Waals surface area contributed by atoms with Gasteiger partial charge in [-0.2, -0.15) is 0 Å². The van der Waals surface area contributed by atoms with E-state index in [4.69, 9.17) is 0 Å². The summed E-state index contributed by atoms with van der Waals surface area (Å²) < 4.78 is 0. The standard InChI is InChI=1S/C14H18O/c1-3-12-9-13(12)14(15)8-11-6-4-10(2)5-7-11/h4-7,12-13H,3,8-9H2,1-2H3. The maximum absolute atomic E-state index is 11.8. The highest BCUT2D eigenvalue weighted by atomic mass is 16.1. The van der Waals surface area contributed by atoms with Gasteiger partial charge in [0.2, 0.25) is 0 Å². The molecule has 80 valence electrons. The van der Waals surface area contributed by atoms with Crippen LogP contribution in [0.3, 0.4) is 0 Å². The van der Waals surface area contributed by atoms with Crippen LogP contribution in [0, 0.1) is 18.8 Å². The Morgan fingerprint density at radius 2 is 2.00 bits per heavy atom. The lowest BCUT2D eigenvalue weighted by Gasteiger charge is -2.01. The van der Waals surface area contributed by atoms with Gasteiger partial charge in [0.1, 0.15) is 5.78 Å². The van der Waals surface area contributed by atoms with Crippen LogP contribution in [-0.2, 0) is 11.2 Å². The van der Waals surface area contributed by atoms with Crippen molar-refractivity contribution < 1.29 is 4.79 Å². The van der Waals surface area contributed by atoms with E-state index in [1.54, 1.807) is 0 Å². The highest BCUT2D eigenvalue weighted by Crippen LogP contribution is 2.42. The molecule has 0 aliphatic heterocycles. The van der Waals surface area contributed by atoms with Gasteiger partial charge in [-0.05, 0) is 24.8 Å². The molecule has 1 fully saturated rings. The summed E-state index contributed by atoms with van der Waals surface area (Å²) in [4.78, 5) is 11.8. The normalized spacial score (nSPS) is 23.9. The molecule has 0 bridgehead atoms. The van der Waals surface area contributed by atoms with Crippen molar-refractivity contribution in [2.75, 3.05) is 0 Å². The van der Waals surface area contributed by atoms with Gasteiger partial charge in [-0.3, -0.25) is 4.79 Å². The first-order chi connectivity index (χ1) is 7.20. The number of carbonyl (C=O) groups excluding carboxylic acids is 1. The van der Waals surface area contributed by atoms with Crippen LogP contribution in [0.15, 0.2) is 24.3 Å². The number of Topliss-reactive ketones (excluding diaryl/α,β-unsaturated/α-hetero) is 1. The molecule has 0 spiro atoms. The summed E-state index contributed by atoms with van der Waals surface area (Å²) in [6.07, 6.45) is 2.91. The Hall–Kier alpha value is -1.11. The van der Waals surface area contributed by atoms with Crippen LogP contribution in [0.1, 0.15) is 30.9 Å². The van der Waals surface area contributed by atoms with E-state index in [9.17, 15) is 4.79 Å². The zero-order valence-electron chi connectivity index (χ0n) is 9.49. The van der Waals surface area contributed by atoms with E-state index in [1.807, 2.05) is 0 Å². The summed E-state index contributed by atoms with van der Waals surface area (Å²) in [6.45, 7) is 4.24. The third-order valence-electron chi connectivity index (χ3n) is 3.36. The lowest BCUT2D eigenvalue weighted by Crippen LogP contribution is -2.06. The van der Waals surface area contributed by atoms with Gasteiger partial charge < -0.3 is 0 Å². The molecule has 0 heterocycles. The molecule has 1 aromatic carbocycles. The summed E-state index contributed by atoms with van der Waals surface area (Å²) in [7, 11) is 0. The monoisotopic (exact) mass is 202 g/mol. The Morgan fingerprint density at radius 1 is 1.33 bits per heavy atom. The molecule has 1 nitrogen and oxygen atoms in total. The van der Waals surface area contributed by atoms with Crippen molar-refractivity contribution in [1.82, 2.24) is 0 Å². The lowest BCUT2D eigenvalue weighted by atomic mass is 10.0. The molecule has 0 amide bonds. The van der Waals surface area contributed by atoms with E-state index in [2.05, 4.69) is 38.1 Å². The molecule has 0 saturated heterocycles. The van der Waals surface area contributed by atoms with Gasteiger partial charge in [-0.15, -0.1) is 0 Å². The summed E-state index contributed by atoms with van der Waals surface area (Å²) in [5.74, 6) is 1.49. The Labute approximate surface area is 91.5 Å². The summed E-state index contributed by atoms with van der Waals surface area (Å²) in [5, 5.41) is 0. The van der Waals surface area contributed by atoms with Gasteiger partial charge in [0.25, 0.3) is 0 Å². The maximum Gasteiger partial charge on any atom is 0.140 e. The van der Waals surface area contributed by atoms with E-state index in [-0.39, 0.29) is 0 Å². The first-order valence-corrected chi connectivity index (χ1v) is 5.79. The summed E-state index contributed by atoms with van der Waals surface area (Å²) >= 11 is 0. The minimum atomic E-state index is 0.372. The molecule has 0 radical (unpaired) electrons. The predicted octanol–water partition coefficient (Wildman–Crippen LogP) is 3.15. The summed E-state index contributed by atoms with van der Waals surface area (Å²) in [6, 6.07) is 8.28. The van der Waals surface area contributed by atoms with Crippen LogP contribution in [0.4, 0.5) is 0 Å². The first-order valence-electron chi connectivity index (χ1n) is 5.79. The number of benzene rings is 1. The van der Waals surface area contributed by atoms with Crippen molar-refractivity contribution >= 4 is 5.78 Å². The van der Waals surface area contributed by atoms with Crippen molar-refractivity contribution in [2.45, 2.75) is 33.1 Å². The van der Waals surface area contributed by atoms with Crippen LogP contribution in [0.5, 0.6) is 0 Å². The Kier molecular flexibility index (Phi) is 2.90. The molecular weight excluding hydrogens is 184 g/mol. The maximum atomic E-state index is 11.8. The lowest BCUT2D eigenvalue weighted by molar-refractivity contribution is -0.119. The van der Waals surface area contributed by atoms with Crippen LogP contribution in [0.25, 0.3) is 0 Å². The number of aryl methyl sites for hydroxylation is 1. The zero-order chi connectivity index (χ0) is 10.8. The Bertz CT molecular complexity index is 350. The van der Waals surface area contributed by atoms with Crippen molar-refractivity contribution in [3.63, 3.8) is 0 Å². The fraction of sp³-hybridized carbons (Fsp3) is 0.500. The Morgan fingerprint density at radius 3 is 2.53 bits per heavy atom. The van der Waals surface area contributed by atoms with E-state index in [1.165, 1.54) is 5.56 Å². The molecule has 1 aliphatic carbocycles. The van der Waals surface area contributed by atoms with Crippen molar-refractivity contribution in [1.29, 1.82) is 0 Å². The van der Waals surface area contributed by atoms with Gasteiger partial charge >= 0.3 is 0 Å². The minimum absolute atomic E-state index is 0.372. The molecule has 15 heavy (non-hydrogen) atoms. The molecule has 1 heteroatoms. The second-order valence-electron chi connectivity index (χ2n) is 4.64. The van der Waals surface area contributed by atoms with Crippen molar-refractivity contribution in [3.8, 4) is 0 Å². The molecule has 2 unspecified atom stereocenters. The van der Waals surface area contributed by atoms with Crippen LogP contribution >= 0.6 is 0 Å². The van der Waals surface area contributed by atoms with Crippen molar-refractivity contribution in [2.24, 2.45) is 11.8 Å². The fourth-order valence-corrected chi connectivity index (χ4v) is 2.13. The molecule has 1 aromatic rings. The fourth-order valence-electron chi connectivity index (χ4n) is 2.13. The zero-order valence-corrected chi connectivity index (χ0v) is 9.49. The molecule has 0 aromatic heterocycles. The highest BCUT2D eigenvalue weighted by Gasteiger charge is 2.40. The van der Waals surface area contributed by atoms with Gasteiger partial charge in [0, 0.05) is 12.3 Å². The molecule has 1 aliphatic rings. The van der Waals surface area contributed by atoms with Crippen LogP contribution in [0.2, 0.25) is 0 Å². The smallest absolute Gasteiger partial charge is 0.140 e. The second-order valence-corrected chi connectivity index (χ2v) is 4.64. The SMILES string of the molecule is CCC1CC1C(=O)Cc1ccc(C)cc1. The second kappa shape index (κ2) is 4.18. The first kappa shape index (κ1) is 10.4. The van der Waals surface area contributed by atoms with E-state index in [0.29, 0.717) is 24.0 Å². The average Bonchev–Trinajstić information content (AvgIpc) is 3.00. The van der Waals surface area contributed by atoms with Gasteiger partial charge in [0.05, 0.1) is 0 Å². The minimum Gasteiger partial charge on any atom is -0.299 e. The van der Waals surface area contributed by atoms with E-state index >= 15 is 0 Å². The van der Waals surface area contributed by atoms with Gasteiger partial charge in [0.15, 0.2) is 0 Å². The third kappa shape index (κ3) is 2.47. The number of rotatable bonds is 4. The number of hydrogen-bond acceptors (Lipinski definition) is 1. The molecular formula is C14H18O. The quantitative estimate of drug-likeness (QED) is 0.733. The molecule has 2 rings (SSSR count). The van der Waals surface area contributed by atoms with Crippen LogP contribution < -0.4 is 0 Å².